The Bertz CT molecular complexity index is 498. The lowest BCUT2D eigenvalue weighted by Gasteiger charge is -2.11. The maximum atomic E-state index is 11.3. The Balaban J connectivity index is 2.22. The third-order valence-electron chi connectivity index (χ3n) is 2.82. The van der Waals surface area contributed by atoms with Crippen LogP contribution in [-0.2, 0) is 4.79 Å². The first-order chi connectivity index (χ1) is 11.0. The number of carboxylic acids is 1. The highest BCUT2D eigenvalue weighted by atomic mass is 16.5. The van der Waals surface area contributed by atoms with Crippen LogP contribution in [-0.4, -0.2) is 51.0 Å². The van der Waals surface area contributed by atoms with Crippen molar-refractivity contribution in [2.24, 2.45) is 0 Å². The molecule has 1 aromatic carbocycles. The highest BCUT2D eigenvalue weighted by molar-refractivity contribution is 5.74. The van der Waals surface area contributed by atoms with Crippen molar-refractivity contribution in [3.63, 3.8) is 0 Å². The number of ether oxygens (including phenoxy) is 3. The molecule has 8 heteroatoms. The molecule has 0 aliphatic heterocycles. The third-order valence-corrected chi connectivity index (χ3v) is 2.82. The smallest absolute Gasteiger partial charge is 0.314 e. The van der Waals surface area contributed by atoms with E-state index in [4.69, 9.17) is 19.3 Å². The Morgan fingerprint density at radius 3 is 2.13 bits per heavy atom. The molecule has 2 amide bonds. The summed E-state index contributed by atoms with van der Waals surface area (Å²) in [5, 5.41) is 13.5. The van der Waals surface area contributed by atoms with E-state index in [2.05, 4.69) is 10.6 Å². The van der Waals surface area contributed by atoms with Crippen molar-refractivity contribution < 1.29 is 28.9 Å². The van der Waals surface area contributed by atoms with Gasteiger partial charge in [-0.3, -0.25) is 4.79 Å². The van der Waals surface area contributed by atoms with Gasteiger partial charge in [-0.15, -0.1) is 0 Å². The number of urea groups is 1. The molecule has 0 unspecified atom stereocenters. The van der Waals surface area contributed by atoms with Crippen molar-refractivity contribution in [2.45, 2.75) is 12.8 Å². The van der Waals surface area contributed by atoms with Crippen molar-refractivity contribution in [3.8, 4) is 17.2 Å². The van der Waals surface area contributed by atoms with E-state index in [0.717, 1.165) is 0 Å². The maximum absolute atomic E-state index is 11.3. The number of aliphatic carboxylic acids is 1. The molecular formula is C15H22N2O6. The zero-order chi connectivity index (χ0) is 17.1. The Morgan fingerprint density at radius 1 is 1.00 bits per heavy atom. The van der Waals surface area contributed by atoms with E-state index < -0.39 is 12.0 Å². The minimum atomic E-state index is -0.951. The first-order valence-electron chi connectivity index (χ1n) is 7.14. The monoisotopic (exact) mass is 326 g/mol. The zero-order valence-electron chi connectivity index (χ0n) is 13.3. The van der Waals surface area contributed by atoms with Gasteiger partial charge in [0.25, 0.3) is 0 Å². The number of carboxylic acid groups (broad SMARTS) is 1. The predicted octanol–water partition coefficient (Wildman–Crippen LogP) is 1.25. The minimum absolute atomic E-state index is 0.0985. The molecule has 0 heterocycles. The Hall–Kier alpha value is -2.64. The van der Waals surface area contributed by atoms with Gasteiger partial charge in [-0.2, -0.15) is 0 Å². The molecule has 0 aromatic heterocycles. The van der Waals surface area contributed by atoms with Crippen LogP contribution in [0.4, 0.5) is 4.79 Å². The molecule has 0 saturated carbocycles. The van der Waals surface area contributed by atoms with Gasteiger partial charge in [-0.05, 0) is 6.42 Å². The second-order valence-corrected chi connectivity index (χ2v) is 4.58. The summed E-state index contributed by atoms with van der Waals surface area (Å²) in [5.74, 6) is 0.935. The van der Waals surface area contributed by atoms with E-state index in [1.165, 1.54) is 0 Å². The molecule has 0 aliphatic rings. The summed E-state index contributed by atoms with van der Waals surface area (Å²) < 4.78 is 15.9. The molecule has 0 saturated heterocycles. The average Bonchev–Trinajstić information content (AvgIpc) is 2.53. The minimum Gasteiger partial charge on any atom is -0.496 e. The SMILES string of the molecule is COc1cc(OC)cc(OCCCNC(=O)NCCC(=O)O)c1. The Labute approximate surface area is 134 Å². The quantitative estimate of drug-likeness (QED) is 0.559. The summed E-state index contributed by atoms with van der Waals surface area (Å²) in [7, 11) is 3.12. The number of benzene rings is 1. The summed E-state index contributed by atoms with van der Waals surface area (Å²) in [6.45, 7) is 0.924. The van der Waals surface area contributed by atoms with Crippen LogP contribution in [0.3, 0.4) is 0 Å². The molecule has 0 fully saturated rings. The number of hydrogen-bond acceptors (Lipinski definition) is 5. The van der Waals surface area contributed by atoms with Crippen LogP contribution in [0.25, 0.3) is 0 Å². The standard InChI is InChI=1S/C15H22N2O6/c1-21-11-8-12(22-2)10-13(9-11)23-7-3-5-16-15(20)17-6-4-14(18)19/h8-10H,3-7H2,1-2H3,(H,18,19)(H2,16,17,20). The molecule has 0 atom stereocenters. The largest absolute Gasteiger partial charge is 0.496 e. The topological polar surface area (TPSA) is 106 Å². The Morgan fingerprint density at radius 2 is 1.57 bits per heavy atom. The summed E-state index contributed by atoms with van der Waals surface area (Å²) >= 11 is 0. The molecule has 1 rings (SSSR count). The van der Waals surface area contributed by atoms with Crippen molar-refractivity contribution in [1.29, 1.82) is 0 Å². The normalized spacial score (nSPS) is 9.83. The fourth-order valence-corrected chi connectivity index (χ4v) is 1.67. The van der Waals surface area contributed by atoms with Gasteiger partial charge in [0.2, 0.25) is 0 Å². The fraction of sp³-hybridized carbons (Fsp3) is 0.467. The summed E-state index contributed by atoms with van der Waals surface area (Å²) in [6.07, 6.45) is 0.500. The van der Waals surface area contributed by atoms with Crippen LogP contribution in [0.2, 0.25) is 0 Å². The van der Waals surface area contributed by atoms with Gasteiger partial charge in [0, 0.05) is 31.3 Å². The van der Waals surface area contributed by atoms with E-state index in [-0.39, 0.29) is 13.0 Å². The third kappa shape index (κ3) is 7.79. The number of hydrogen-bond donors (Lipinski definition) is 3. The number of amides is 2. The number of rotatable bonds is 10. The van der Waals surface area contributed by atoms with Crippen LogP contribution in [0, 0.1) is 0 Å². The van der Waals surface area contributed by atoms with Crippen molar-refractivity contribution >= 4 is 12.0 Å². The predicted molar refractivity (Wildman–Crippen MR) is 83.3 cm³/mol. The highest BCUT2D eigenvalue weighted by Crippen LogP contribution is 2.27. The molecule has 0 radical (unpaired) electrons. The first-order valence-corrected chi connectivity index (χ1v) is 7.14. The average molecular weight is 326 g/mol. The van der Waals surface area contributed by atoms with Gasteiger partial charge < -0.3 is 30.0 Å². The molecule has 0 bridgehead atoms. The van der Waals surface area contributed by atoms with E-state index >= 15 is 0 Å². The number of methoxy groups -OCH3 is 2. The lowest BCUT2D eigenvalue weighted by Crippen LogP contribution is -2.37. The van der Waals surface area contributed by atoms with Gasteiger partial charge in [-0.1, -0.05) is 0 Å². The maximum Gasteiger partial charge on any atom is 0.314 e. The summed E-state index contributed by atoms with van der Waals surface area (Å²) in [4.78, 5) is 21.6. The number of carbonyl (C=O) groups is 2. The van der Waals surface area contributed by atoms with E-state index in [0.29, 0.717) is 36.8 Å². The van der Waals surface area contributed by atoms with Gasteiger partial charge in [0.15, 0.2) is 0 Å². The van der Waals surface area contributed by atoms with Gasteiger partial charge >= 0.3 is 12.0 Å². The molecule has 1 aromatic rings. The van der Waals surface area contributed by atoms with Crippen LogP contribution in [0.15, 0.2) is 18.2 Å². The molecule has 0 aliphatic carbocycles. The lowest BCUT2D eigenvalue weighted by molar-refractivity contribution is -0.136. The second-order valence-electron chi connectivity index (χ2n) is 4.58. The molecule has 23 heavy (non-hydrogen) atoms. The van der Waals surface area contributed by atoms with Crippen LogP contribution >= 0.6 is 0 Å². The van der Waals surface area contributed by atoms with E-state index in [1.807, 2.05) is 0 Å². The van der Waals surface area contributed by atoms with Gasteiger partial charge in [-0.25, -0.2) is 4.79 Å². The van der Waals surface area contributed by atoms with Crippen molar-refractivity contribution in [2.75, 3.05) is 33.9 Å². The van der Waals surface area contributed by atoms with Crippen LogP contribution in [0.5, 0.6) is 17.2 Å². The van der Waals surface area contributed by atoms with Crippen molar-refractivity contribution in [3.05, 3.63) is 18.2 Å². The number of nitrogens with one attached hydrogen (secondary N) is 2. The van der Waals surface area contributed by atoms with Gasteiger partial charge in [0.1, 0.15) is 17.2 Å². The van der Waals surface area contributed by atoms with Crippen LogP contribution < -0.4 is 24.8 Å². The van der Waals surface area contributed by atoms with Gasteiger partial charge in [0.05, 0.1) is 27.2 Å². The second kappa shape index (κ2) is 10.1. The molecule has 3 N–H and O–H groups in total. The fourth-order valence-electron chi connectivity index (χ4n) is 1.67. The lowest BCUT2D eigenvalue weighted by atomic mass is 10.3. The van der Waals surface area contributed by atoms with E-state index in [1.54, 1.807) is 32.4 Å². The number of carbonyl (C=O) groups excluding carboxylic acids is 1. The molecule has 0 spiro atoms. The van der Waals surface area contributed by atoms with Crippen LogP contribution in [0.1, 0.15) is 12.8 Å². The summed E-state index contributed by atoms with van der Waals surface area (Å²) in [6, 6.07) is 4.84. The van der Waals surface area contributed by atoms with Crippen molar-refractivity contribution in [1.82, 2.24) is 10.6 Å². The summed E-state index contributed by atoms with van der Waals surface area (Å²) in [5.41, 5.74) is 0. The van der Waals surface area contributed by atoms with E-state index in [9.17, 15) is 9.59 Å². The highest BCUT2D eigenvalue weighted by Gasteiger charge is 2.04. The first kappa shape index (κ1) is 18.4. The molecular weight excluding hydrogens is 304 g/mol. The Kier molecular flexibility index (Phi) is 8.12. The zero-order valence-corrected chi connectivity index (χ0v) is 13.3. The molecule has 128 valence electrons. The molecule has 8 nitrogen and oxygen atoms in total.